The van der Waals surface area contributed by atoms with E-state index in [-0.39, 0.29) is 5.28 Å². The molecule has 0 aliphatic rings. The van der Waals surface area contributed by atoms with Gasteiger partial charge in [0, 0.05) is 24.7 Å². The Morgan fingerprint density at radius 2 is 2.00 bits per heavy atom. The summed E-state index contributed by atoms with van der Waals surface area (Å²) in [5.74, 6) is 6.26. The average molecular weight is 201 g/mol. The van der Waals surface area contributed by atoms with Gasteiger partial charge in [-0.25, -0.2) is 9.97 Å². The predicted molar refractivity (Wildman–Crippen MR) is 49.3 cm³/mol. The summed E-state index contributed by atoms with van der Waals surface area (Å²) in [5, 5.41) is 0.234. The molecule has 0 saturated heterocycles. The zero-order chi connectivity index (χ0) is 8.81. The molecule has 12 heavy (non-hydrogen) atoms. The zero-order valence-electron chi connectivity index (χ0n) is 6.22. The molecule has 2 nitrogen and oxygen atoms in total. The Kier molecular flexibility index (Phi) is 3.86. The van der Waals surface area contributed by atoms with Gasteiger partial charge in [0.1, 0.15) is 0 Å². The first-order chi connectivity index (χ1) is 5.83. The molecular formula is C8H6Cl2N2. The van der Waals surface area contributed by atoms with Crippen molar-refractivity contribution in [3.05, 3.63) is 23.2 Å². The lowest BCUT2D eigenvalue weighted by Gasteiger charge is -1.87. The van der Waals surface area contributed by atoms with Crippen molar-refractivity contribution < 1.29 is 0 Å². The lowest BCUT2D eigenvalue weighted by Crippen LogP contribution is -1.82. The summed E-state index contributed by atoms with van der Waals surface area (Å²) in [5.41, 5.74) is 0.754. The number of aromatic nitrogens is 2. The van der Waals surface area contributed by atoms with Gasteiger partial charge in [-0.15, -0.1) is 11.6 Å². The first-order valence-corrected chi connectivity index (χ1v) is 4.26. The van der Waals surface area contributed by atoms with Gasteiger partial charge in [0.2, 0.25) is 5.28 Å². The van der Waals surface area contributed by atoms with E-state index in [1.807, 2.05) is 0 Å². The van der Waals surface area contributed by atoms with Gasteiger partial charge in [0.15, 0.2) is 0 Å². The third-order valence-electron chi connectivity index (χ3n) is 1.07. The number of halogens is 2. The van der Waals surface area contributed by atoms with Crippen LogP contribution in [0.25, 0.3) is 0 Å². The van der Waals surface area contributed by atoms with E-state index in [0.29, 0.717) is 12.3 Å². The highest BCUT2D eigenvalue weighted by Crippen LogP contribution is 1.98. The molecule has 0 amide bonds. The molecule has 0 atom stereocenters. The molecule has 1 aromatic rings. The minimum Gasteiger partial charge on any atom is -0.225 e. The van der Waals surface area contributed by atoms with Crippen molar-refractivity contribution in [3.8, 4) is 11.8 Å². The summed E-state index contributed by atoms with van der Waals surface area (Å²) in [6.07, 6.45) is 3.83. The van der Waals surface area contributed by atoms with Gasteiger partial charge in [-0.2, -0.15) is 0 Å². The maximum Gasteiger partial charge on any atom is 0.222 e. The maximum atomic E-state index is 5.48. The molecular weight excluding hydrogens is 195 g/mol. The average Bonchev–Trinajstić information content (AvgIpc) is 2.09. The smallest absolute Gasteiger partial charge is 0.222 e. The second kappa shape index (κ2) is 4.97. The number of alkyl halides is 1. The Balaban J connectivity index is 2.66. The summed E-state index contributed by atoms with van der Waals surface area (Å²) < 4.78 is 0. The molecule has 0 N–H and O–H groups in total. The fourth-order valence-electron chi connectivity index (χ4n) is 0.589. The molecule has 0 spiro atoms. The fraction of sp³-hybridized carbons (Fsp3) is 0.250. The highest BCUT2D eigenvalue weighted by Gasteiger charge is 1.88. The second-order valence-corrected chi connectivity index (χ2v) is 2.70. The molecule has 0 saturated carbocycles. The summed E-state index contributed by atoms with van der Waals surface area (Å²) >= 11 is 10.9. The van der Waals surface area contributed by atoms with Crippen LogP contribution in [0.3, 0.4) is 0 Å². The molecule has 0 radical (unpaired) electrons. The van der Waals surface area contributed by atoms with Crippen LogP contribution in [0.5, 0.6) is 0 Å². The van der Waals surface area contributed by atoms with Crippen LogP contribution in [-0.4, -0.2) is 15.8 Å². The molecule has 4 heteroatoms. The van der Waals surface area contributed by atoms with E-state index in [9.17, 15) is 0 Å². The van der Waals surface area contributed by atoms with Crippen LogP contribution < -0.4 is 0 Å². The largest absolute Gasteiger partial charge is 0.225 e. The van der Waals surface area contributed by atoms with Crippen molar-refractivity contribution in [1.82, 2.24) is 9.97 Å². The van der Waals surface area contributed by atoms with Gasteiger partial charge in [0.05, 0.1) is 5.56 Å². The summed E-state index contributed by atoms with van der Waals surface area (Å²) in [4.78, 5) is 7.55. The molecule has 0 unspecified atom stereocenters. The van der Waals surface area contributed by atoms with Crippen molar-refractivity contribution in [1.29, 1.82) is 0 Å². The van der Waals surface area contributed by atoms with Gasteiger partial charge in [-0.1, -0.05) is 11.8 Å². The highest BCUT2D eigenvalue weighted by molar-refractivity contribution is 6.28. The summed E-state index contributed by atoms with van der Waals surface area (Å²) in [7, 11) is 0. The summed E-state index contributed by atoms with van der Waals surface area (Å²) in [6, 6.07) is 0. The Hall–Kier alpha value is -0.780. The summed E-state index contributed by atoms with van der Waals surface area (Å²) in [6.45, 7) is 0. The molecule has 0 aromatic carbocycles. The molecule has 62 valence electrons. The van der Waals surface area contributed by atoms with E-state index in [0.717, 1.165) is 5.56 Å². The van der Waals surface area contributed by atoms with Gasteiger partial charge in [-0.05, 0) is 11.6 Å². The van der Waals surface area contributed by atoms with Gasteiger partial charge >= 0.3 is 0 Å². The number of hydrogen-bond acceptors (Lipinski definition) is 2. The monoisotopic (exact) mass is 200 g/mol. The molecule has 0 aliphatic carbocycles. The van der Waals surface area contributed by atoms with Crippen molar-refractivity contribution in [3.63, 3.8) is 0 Å². The van der Waals surface area contributed by atoms with E-state index in [1.165, 1.54) is 0 Å². The van der Waals surface area contributed by atoms with E-state index >= 15 is 0 Å². The molecule has 1 heterocycles. The van der Waals surface area contributed by atoms with E-state index in [1.54, 1.807) is 12.4 Å². The van der Waals surface area contributed by atoms with Crippen LogP contribution in [0.15, 0.2) is 12.4 Å². The van der Waals surface area contributed by atoms with Crippen molar-refractivity contribution in [2.75, 3.05) is 5.88 Å². The van der Waals surface area contributed by atoms with Gasteiger partial charge < -0.3 is 0 Å². The Morgan fingerprint density at radius 1 is 1.33 bits per heavy atom. The third kappa shape index (κ3) is 3.08. The van der Waals surface area contributed by atoms with Crippen LogP contribution in [-0.2, 0) is 0 Å². The quantitative estimate of drug-likeness (QED) is 0.395. The first-order valence-electron chi connectivity index (χ1n) is 3.35. The Labute approximate surface area is 80.9 Å². The molecule has 0 bridgehead atoms. The molecule has 0 fully saturated rings. The van der Waals surface area contributed by atoms with E-state index in [4.69, 9.17) is 23.2 Å². The minimum absolute atomic E-state index is 0.234. The highest BCUT2D eigenvalue weighted by atomic mass is 35.5. The number of nitrogens with zero attached hydrogens (tertiary/aromatic N) is 2. The van der Waals surface area contributed by atoms with Crippen LogP contribution in [0.2, 0.25) is 5.28 Å². The zero-order valence-corrected chi connectivity index (χ0v) is 7.73. The Bertz CT molecular complexity index is 297. The first kappa shape index (κ1) is 9.31. The van der Waals surface area contributed by atoms with Crippen LogP contribution >= 0.6 is 23.2 Å². The SMILES string of the molecule is ClCCC#Cc1cnc(Cl)nc1. The fourth-order valence-corrected chi connectivity index (χ4v) is 0.781. The molecule has 1 aromatic heterocycles. The standard InChI is InChI=1S/C8H6Cl2N2/c9-4-2-1-3-7-5-11-8(10)12-6-7/h5-6H,2,4H2. The number of rotatable bonds is 1. The topological polar surface area (TPSA) is 25.8 Å². The lowest BCUT2D eigenvalue weighted by molar-refractivity contribution is 1.15. The van der Waals surface area contributed by atoms with Gasteiger partial charge in [0.25, 0.3) is 0 Å². The van der Waals surface area contributed by atoms with Crippen molar-refractivity contribution in [2.24, 2.45) is 0 Å². The maximum absolute atomic E-state index is 5.48. The van der Waals surface area contributed by atoms with E-state index < -0.39 is 0 Å². The molecule has 1 rings (SSSR count). The van der Waals surface area contributed by atoms with Gasteiger partial charge in [-0.3, -0.25) is 0 Å². The van der Waals surface area contributed by atoms with Crippen molar-refractivity contribution in [2.45, 2.75) is 6.42 Å². The Morgan fingerprint density at radius 3 is 2.58 bits per heavy atom. The van der Waals surface area contributed by atoms with E-state index in [2.05, 4.69) is 21.8 Å². The van der Waals surface area contributed by atoms with Crippen molar-refractivity contribution >= 4 is 23.2 Å². The predicted octanol–water partition coefficient (Wildman–Crippen LogP) is 2.11. The minimum atomic E-state index is 0.234. The van der Waals surface area contributed by atoms with Crippen LogP contribution in [0, 0.1) is 11.8 Å². The number of hydrogen-bond donors (Lipinski definition) is 0. The second-order valence-electron chi connectivity index (χ2n) is 1.98. The lowest BCUT2D eigenvalue weighted by atomic mass is 10.3. The normalized spacial score (nSPS) is 8.83. The third-order valence-corrected chi connectivity index (χ3v) is 1.46. The molecule has 0 aliphatic heterocycles. The van der Waals surface area contributed by atoms with Crippen LogP contribution in [0.1, 0.15) is 12.0 Å². The van der Waals surface area contributed by atoms with Crippen LogP contribution in [0.4, 0.5) is 0 Å².